The number of nitrogens with zero attached hydrogens (tertiary/aromatic N) is 3. The molecular weight excluding hydrogens is 468 g/mol. The van der Waals surface area contributed by atoms with Gasteiger partial charge in [0.15, 0.2) is 5.96 Å². The van der Waals surface area contributed by atoms with Gasteiger partial charge in [-0.1, -0.05) is 30.7 Å². The van der Waals surface area contributed by atoms with E-state index in [9.17, 15) is 4.39 Å². The van der Waals surface area contributed by atoms with Gasteiger partial charge in [0.25, 0.3) is 0 Å². The smallest absolute Gasteiger partial charge is 0.191 e. The zero-order chi connectivity index (χ0) is 18.9. The molecule has 0 atom stereocenters. The number of nitrogens with one attached hydrogen (secondary N) is 2. The van der Waals surface area contributed by atoms with Crippen molar-refractivity contribution in [2.45, 2.75) is 38.9 Å². The fraction of sp³-hybridized carbons (Fsp3) is 0.429. The van der Waals surface area contributed by atoms with Crippen LogP contribution in [0.15, 0.2) is 47.6 Å². The first kappa shape index (κ1) is 22.5. The van der Waals surface area contributed by atoms with Crippen molar-refractivity contribution in [1.82, 2.24) is 20.5 Å². The molecule has 0 aliphatic carbocycles. The Morgan fingerprint density at radius 2 is 1.71 bits per heavy atom. The number of halogens is 2. The van der Waals surface area contributed by atoms with Crippen LogP contribution in [-0.4, -0.2) is 36.0 Å². The van der Waals surface area contributed by atoms with Crippen LogP contribution in [-0.2, 0) is 19.6 Å². The quantitative estimate of drug-likeness (QED) is 0.363. The lowest BCUT2D eigenvalue weighted by atomic mass is 10.1. The Morgan fingerprint density at radius 1 is 1.04 bits per heavy atom. The van der Waals surface area contributed by atoms with Crippen molar-refractivity contribution in [1.29, 1.82) is 0 Å². The molecule has 0 saturated carbocycles. The number of benzene rings is 1. The van der Waals surface area contributed by atoms with Crippen LogP contribution in [0.4, 0.5) is 4.39 Å². The Balaban J connectivity index is 0.00000280. The van der Waals surface area contributed by atoms with Gasteiger partial charge in [0.2, 0.25) is 0 Å². The topological polar surface area (TPSA) is 52.6 Å². The van der Waals surface area contributed by atoms with Crippen LogP contribution in [0.25, 0.3) is 0 Å². The van der Waals surface area contributed by atoms with E-state index in [-0.39, 0.29) is 29.8 Å². The van der Waals surface area contributed by atoms with Crippen molar-refractivity contribution in [3.63, 3.8) is 0 Å². The molecule has 1 fully saturated rings. The molecular formula is C21H29FIN5. The molecule has 2 N–H and O–H groups in total. The molecule has 0 amide bonds. The third-order valence-corrected chi connectivity index (χ3v) is 4.82. The molecule has 2 heterocycles. The van der Waals surface area contributed by atoms with Crippen LogP contribution in [0.1, 0.15) is 36.1 Å². The third kappa shape index (κ3) is 7.01. The minimum Gasteiger partial charge on any atom is -0.352 e. The first-order valence-corrected chi connectivity index (χ1v) is 9.58. The van der Waals surface area contributed by atoms with Crippen LogP contribution < -0.4 is 10.6 Å². The van der Waals surface area contributed by atoms with Gasteiger partial charge >= 0.3 is 0 Å². The molecule has 1 aliphatic heterocycles. The highest BCUT2D eigenvalue weighted by Crippen LogP contribution is 2.13. The maximum atomic E-state index is 13.6. The summed E-state index contributed by atoms with van der Waals surface area (Å²) < 4.78 is 13.6. The lowest BCUT2D eigenvalue weighted by Crippen LogP contribution is -2.36. The van der Waals surface area contributed by atoms with Crippen molar-refractivity contribution >= 4 is 29.9 Å². The monoisotopic (exact) mass is 497 g/mol. The van der Waals surface area contributed by atoms with E-state index < -0.39 is 0 Å². The van der Waals surface area contributed by atoms with Gasteiger partial charge in [-0.3, -0.25) is 14.9 Å². The van der Waals surface area contributed by atoms with Gasteiger partial charge in [0.05, 0.1) is 12.2 Å². The summed E-state index contributed by atoms with van der Waals surface area (Å²) in [4.78, 5) is 10.7. The minimum absolute atomic E-state index is 0. The van der Waals surface area contributed by atoms with Crippen LogP contribution in [0, 0.1) is 5.82 Å². The first-order chi connectivity index (χ1) is 13.2. The fourth-order valence-corrected chi connectivity index (χ4v) is 3.26. The number of likely N-dealkylation sites (tertiary alicyclic amines) is 1. The second kappa shape index (κ2) is 12.0. The standard InChI is InChI=1S/C21H28FN5.HI/c1-23-21(26-15-20-19(22)6-5-11-24-20)25-14-17-7-9-18(10-8-17)16-27-12-3-2-4-13-27;/h5-11H,2-4,12-16H2,1H3,(H2,23,25,26);1H. The summed E-state index contributed by atoms with van der Waals surface area (Å²) in [6.07, 6.45) is 5.58. The second-order valence-electron chi connectivity index (χ2n) is 6.86. The second-order valence-corrected chi connectivity index (χ2v) is 6.86. The minimum atomic E-state index is -0.315. The summed E-state index contributed by atoms with van der Waals surface area (Å²) in [6.45, 7) is 4.41. The molecule has 0 bridgehead atoms. The van der Waals surface area contributed by atoms with Crippen molar-refractivity contribution in [3.05, 3.63) is 65.2 Å². The number of rotatable bonds is 6. The molecule has 1 aromatic heterocycles. The molecule has 0 spiro atoms. The number of aliphatic imine (C=N–C) groups is 1. The van der Waals surface area contributed by atoms with Gasteiger partial charge in [-0.05, 0) is 49.2 Å². The number of hydrogen-bond acceptors (Lipinski definition) is 3. The molecule has 0 radical (unpaired) electrons. The molecule has 28 heavy (non-hydrogen) atoms. The Morgan fingerprint density at radius 3 is 2.39 bits per heavy atom. The molecule has 2 aromatic rings. The van der Waals surface area contributed by atoms with E-state index in [1.807, 2.05) is 0 Å². The predicted octanol–water partition coefficient (Wildman–Crippen LogP) is 3.69. The maximum absolute atomic E-state index is 13.6. The Hall–Kier alpha value is -1.74. The van der Waals surface area contributed by atoms with Crippen molar-refractivity contribution in [2.24, 2.45) is 4.99 Å². The zero-order valence-corrected chi connectivity index (χ0v) is 18.7. The van der Waals surface area contributed by atoms with Crippen LogP contribution in [0.3, 0.4) is 0 Å². The van der Waals surface area contributed by atoms with E-state index in [0.717, 1.165) is 6.54 Å². The van der Waals surface area contributed by atoms with Crippen LogP contribution in [0.2, 0.25) is 0 Å². The summed E-state index contributed by atoms with van der Waals surface area (Å²) in [7, 11) is 1.70. The maximum Gasteiger partial charge on any atom is 0.191 e. The van der Waals surface area contributed by atoms with E-state index >= 15 is 0 Å². The summed E-state index contributed by atoms with van der Waals surface area (Å²) in [6, 6.07) is 11.7. The molecule has 3 rings (SSSR count). The molecule has 152 valence electrons. The van der Waals surface area contributed by atoms with Crippen molar-refractivity contribution in [3.8, 4) is 0 Å². The van der Waals surface area contributed by atoms with Gasteiger partial charge in [0.1, 0.15) is 5.82 Å². The van der Waals surface area contributed by atoms with Crippen LogP contribution >= 0.6 is 24.0 Å². The van der Waals surface area contributed by atoms with Crippen LogP contribution in [0.5, 0.6) is 0 Å². The number of pyridine rings is 1. The zero-order valence-electron chi connectivity index (χ0n) is 16.3. The fourth-order valence-electron chi connectivity index (χ4n) is 3.26. The van der Waals surface area contributed by atoms with Gasteiger partial charge in [-0.2, -0.15) is 0 Å². The molecule has 5 nitrogen and oxygen atoms in total. The summed E-state index contributed by atoms with van der Waals surface area (Å²) in [5.74, 6) is 0.308. The lowest BCUT2D eigenvalue weighted by Gasteiger charge is -2.26. The highest BCUT2D eigenvalue weighted by Gasteiger charge is 2.10. The van der Waals surface area contributed by atoms with Crippen molar-refractivity contribution in [2.75, 3.05) is 20.1 Å². The van der Waals surface area contributed by atoms with Gasteiger partial charge < -0.3 is 10.6 Å². The predicted molar refractivity (Wildman–Crippen MR) is 122 cm³/mol. The SMILES string of the molecule is CN=C(NCc1ccc(CN2CCCCC2)cc1)NCc1ncccc1F.I. The van der Waals surface area contributed by atoms with E-state index in [2.05, 4.69) is 49.8 Å². The molecule has 1 saturated heterocycles. The van der Waals surface area contributed by atoms with Gasteiger partial charge in [0, 0.05) is 26.3 Å². The van der Waals surface area contributed by atoms with E-state index in [1.54, 1.807) is 19.3 Å². The Labute approximate surface area is 183 Å². The summed E-state index contributed by atoms with van der Waals surface area (Å²) in [5.41, 5.74) is 2.92. The molecule has 0 unspecified atom stereocenters. The summed E-state index contributed by atoms with van der Waals surface area (Å²) >= 11 is 0. The third-order valence-electron chi connectivity index (χ3n) is 4.82. The molecule has 1 aliphatic rings. The first-order valence-electron chi connectivity index (χ1n) is 9.58. The number of piperidine rings is 1. The largest absolute Gasteiger partial charge is 0.352 e. The summed E-state index contributed by atoms with van der Waals surface area (Å²) in [5, 5.41) is 6.35. The molecule has 1 aromatic carbocycles. The van der Waals surface area contributed by atoms with E-state index in [1.165, 1.54) is 49.5 Å². The van der Waals surface area contributed by atoms with E-state index in [0.29, 0.717) is 24.7 Å². The van der Waals surface area contributed by atoms with Gasteiger partial charge in [-0.25, -0.2) is 4.39 Å². The van der Waals surface area contributed by atoms with E-state index in [4.69, 9.17) is 0 Å². The average molecular weight is 497 g/mol. The van der Waals surface area contributed by atoms with Gasteiger partial charge in [-0.15, -0.1) is 24.0 Å². The number of guanidine groups is 1. The lowest BCUT2D eigenvalue weighted by molar-refractivity contribution is 0.221. The average Bonchev–Trinajstić information content (AvgIpc) is 2.71. The highest BCUT2D eigenvalue weighted by molar-refractivity contribution is 14.0. The normalized spacial score (nSPS) is 15.0. The number of aromatic nitrogens is 1. The molecule has 7 heteroatoms. The highest BCUT2D eigenvalue weighted by atomic mass is 127. The Kier molecular flexibility index (Phi) is 9.63. The van der Waals surface area contributed by atoms with Crippen molar-refractivity contribution < 1.29 is 4.39 Å². The number of hydrogen-bond donors (Lipinski definition) is 2. The Bertz CT molecular complexity index is 745.